The maximum Gasteiger partial charge on any atom is 0.252 e. The molecule has 1 saturated carbocycles. The molecular weight excluding hydrogens is 274 g/mol. The molecular formula is C18H15N3O. The van der Waals surface area contributed by atoms with Crippen molar-refractivity contribution in [1.29, 1.82) is 0 Å². The van der Waals surface area contributed by atoms with Crippen LogP contribution in [0.25, 0.3) is 22.2 Å². The van der Waals surface area contributed by atoms with E-state index in [9.17, 15) is 4.79 Å². The van der Waals surface area contributed by atoms with Crippen LogP contribution in [-0.4, -0.2) is 21.9 Å². The number of hydrogen-bond acceptors (Lipinski definition) is 3. The highest BCUT2D eigenvalue weighted by atomic mass is 16.1. The lowest BCUT2D eigenvalue weighted by atomic mass is 10.0. The fourth-order valence-electron chi connectivity index (χ4n) is 2.52. The Labute approximate surface area is 128 Å². The van der Waals surface area contributed by atoms with Crippen LogP contribution in [0.3, 0.4) is 0 Å². The first-order chi connectivity index (χ1) is 10.8. The number of carbonyl (C=O) groups is 1. The van der Waals surface area contributed by atoms with Crippen LogP contribution in [0, 0.1) is 0 Å². The zero-order chi connectivity index (χ0) is 14.9. The lowest BCUT2D eigenvalue weighted by molar-refractivity contribution is 0.0952. The molecule has 0 unspecified atom stereocenters. The van der Waals surface area contributed by atoms with Gasteiger partial charge in [0.05, 0.1) is 16.8 Å². The van der Waals surface area contributed by atoms with Crippen LogP contribution in [0.2, 0.25) is 0 Å². The standard InChI is InChI=1S/C18H15N3O/c22-18(20-13-5-6-13)15-11-17(12-7-9-19-10-8-12)21-16-4-2-1-3-14(15)16/h1-4,7-11,13H,5-6H2,(H,20,22). The van der Waals surface area contributed by atoms with Gasteiger partial charge in [0.15, 0.2) is 0 Å². The normalized spacial score (nSPS) is 14.0. The monoisotopic (exact) mass is 289 g/mol. The van der Waals surface area contributed by atoms with Crippen LogP contribution in [0.4, 0.5) is 0 Å². The third-order valence-corrected chi connectivity index (χ3v) is 3.85. The molecule has 2 aromatic heterocycles. The molecule has 2 heterocycles. The van der Waals surface area contributed by atoms with Gasteiger partial charge in [0.1, 0.15) is 0 Å². The zero-order valence-electron chi connectivity index (χ0n) is 12.0. The molecule has 1 fully saturated rings. The molecule has 3 aromatic rings. The average molecular weight is 289 g/mol. The van der Waals surface area contributed by atoms with E-state index in [2.05, 4.69) is 15.3 Å². The van der Waals surface area contributed by atoms with Gasteiger partial charge in [-0.05, 0) is 37.1 Å². The topological polar surface area (TPSA) is 54.9 Å². The van der Waals surface area contributed by atoms with Gasteiger partial charge >= 0.3 is 0 Å². The Balaban J connectivity index is 1.87. The Morgan fingerprint density at radius 2 is 1.86 bits per heavy atom. The number of rotatable bonds is 3. The van der Waals surface area contributed by atoms with Crippen LogP contribution in [0.1, 0.15) is 23.2 Å². The molecule has 0 saturated heterocycles. The molecule has 108 valence electrons. The smallest absolute Gasteiger partial charge is 0.252 e. The zero-order valence-corrected chi connectivity index (χ0v) is 12.0. The fraction of sp³-hybridized carbons (Fsp3) is 0.167. The van der Waals surface area contributed by atoms with Crippen molar-refractivity contribution < 1.29 is 4.79 Å². The highest BCUT2D eigenvalue weighted by Crippen LogP contribution is 2.26. The van der Waals surface area contributed by atoms with E-state index in [1.807, 2.05) is 42.5 Å². The number of benzene rings is 1. The molecule has 0 bridgehead atoms. The minimum atomic E-state index is -0.0172. The highest BCUT2D eigenvalue weighted by Gasteiger charge is 2.25. The Morgan fingerprint density at radius 3 is 2.64 bits per heavy atom. The number of amides is 1. The Bertz CT molecular complexity index is 841. The SMILES string of the molecule is O=C(NC1CC1)c1cc(-c2ccncc2)nc2ccccc12. The lowest BCUT2D eigenvalue weighted by Gasteiger charge is -2.10. The Kier molecular flexibility index (Phi) is 3.07. The van der Waals surface area contributed by atoms with E-state index < -0.39 is 0 Å². The summed E-state index contributed by atoms with van der Waals surface area (Å²) in [5, 5.41) is 3.95. The van der Waals surface area contributed by atoms with E-state index in [1.54, 1.807) is 12.4 Å². The molecule has 4 rings (SSSR count). The molecule has 22 heavy (non-hydrogen) atoms. The van der Waals surface area contributed by atoms with E-state index in [0.717, 1.165) is 35.0 Å². The van der Waals surface area contributed by atoms with E-state index in [0.29, 0.717) is 11.6 Å². The predicted molar refractivity (Wildman–Crippen MR) is 85.5 cm³/mol. The molecule has 1 aliphatic rings. The highest BCUT2D eigenvalue weighted by molar-refractivity contribution is 6.07. The number of pyridine rings is 2. The summed E-state index contributed by atoms with van der Waals surface area (Å²) in [6.07, 6.45) is 5.62. The molecule has 4 heteroatoms. The molecule has 1 amide bonds. The van der Waals surface area contributed by atoms with Crippen molar-refractivity contribution in [3.63, 3.8) is 0 Å². The summed E-state index contributed by atoms with van der Waals surface area (Å²) in [6.45, 7) is 0. The third-order valence-electron chi connectivity index (χ3n) is 3.85. The van der Waals surface area contributed by atoms with Gasteiger partial charge in [-0.2, -0.15) is 0 Å². The minimum absolute atomic E-state index is 0.0172. The summed E-state index contributed by atoms with van der Waals surface area (Å²) in [6, 6.07) is 13.8. The molecule has 0 aliphatic heterocycles. The number of aromatic nitrogens is 2. The molecule has 4 nitrogen and oxygen atoms in total. The van der Waals surface area contributed by atoms with Crippen molar-refractivity contribution in [2.75, 3.05) is 0 Å². The van der Waals surface area contributed by atoms with Gasteiger partial charge in [-0.15, -0.1) is 0 Å². The third kappa shape index (κ3) is 2.44. The molecule has 0 spiro atoms. The lowest BCUT2D eigenvalue weighted by Crippen LogP contribution is -2.25. The maximum atomic E-state index is 12.5. The maximum absolute atomic E-state index is 12.5. The Morgan fingerprint density at radius 1 is 1.09 bits per heavy atom. The van der Waals surface area contributed by atoms with Crippen LogP contribution in [0.5, 0.6) is 0 Å². The second-order valence-corrected chi connectivity index (χ2v) is 5.56. The number of nitrogens with zero attached hydrogens (tertiary/aromatic N) is 2. The van der Waals surface area contributed by atoms with Crippen molar-refractivity contribution in [3.05, 3.63) is 60.4 Å². The molecule has 1 N–H and O–H groups in total. The van der Waals surface area contributed by atoms with Crippen LogP contribution >= 0.6 is 0 Å². The van der Waals surface area contributed by atoms with E-state index in [-0.39, 0.29) is 5.91 Å². The summed E-state index contributed by atoms with van der Waals surface area (Å²) in [5.74, 6) is -0.0172. The van der Waals surface area contributed by atoms with Gasteiger partial charge in [0.2, 0.25) is 0 Å². The van der Waals surface area contributed by atoms with E-state index in [1.165, 1.54) is 0 Å². The summed E-state index contributed by atoms with van der Waals surface area (Å²) >= 11 is 0. The quantitative estimate of drug-likeness (QED) is 0.805. The number of carbonyl (C=O) groups excluding carboxylic acids is 1. The van der Waals surface area contributed by atoms with E-state index >= 15 is 0 Å². The van der Waals surface area contributed by atoms with Gasteiger partial charge in [-0.25, -0.2) is 4.98 Å². The van der Waals surface area contributed by atoms with Gasteiger partial charge in [0.25, 0.3) is 5.91 Å². The first-order valence-electron chi connectivity index (χ1n) is 7.42. The average Bonchev–Trinajstić information content (AvgIpc) is 3.38. The molecule has 1 aromatic carbocycles. The number of nitrogens with one attached hydrogen (secondary N) is 1. The first kappa shape index (κ1) is 13.0. The van der Waals surface area contributed by atoms with Crippen molar-refractivity contribution in [3.8, 4) is 11.3 Å². The Hall–Kier alpha value is -2.75. The van der Waals surface area contributed by atoms with Crippen molar-refractivity contribution >= 4 is 16.8 Å². The summed E-state index contributed by atoms with van der Waals surface area (Å²) < 4.78 is 0. The van der Waals surface area contributed by atoms with Gasteiger partial charge in [0, 0.05) is 29.4 Å². The number of para-hydroxylation sites is 1. The largest absolute Gasteiger partial charge is 0.349 e. The van der Waals surface area contributed by atoms with Crippen LogP contribution in [0.15, 0.2) is 54.9 Å². The van der Waals surface area contributed by atoms with Gasteiger partial charge < -0.3 is 5.32 Å². The van der Waals surface area contributed by atoms with E-state index in [4.69, 9.17) is 0 Å². The van der Waals surface area contributed by atoms with Crippen molar-refractivity contribution in [2.45, 2.75) is 18.9 Å². The minimum Gasteiger partial charge on any atom is -0.349 e. The second-order valence-electron chi connectivity index (χ2n) is 5.56. The number of fused-ring (bicyclic) bond motifs is 1. The molecule has 0 atom stereocenters. The predicted octanol–water partition coefficient (Wildman–Crippen LogP) is 3.19. The molecule has 0 radical (unpaired) electrons. The van der Waals surface area contributed by atoms with Gasteiger partial charge in [-0.1, -0.05) is 18.2 Å². The van der Waals surface area contributed by atoms with Crippen molar-refractivity contribution in [2.24, 2.45) is 0 Å². The summed E-state index contributed by atoms with van der Waals surface area (Å²) in [7, 11) is 0. The van der Waals surface area contributed by atoms with Crippen LogP contribution in [-0.2, 0) is 0 Å². The second kappa shape index (κ2) is 5.22. The van der Waals surface area contributed by atoms with Crippen LogP contribution < -0.4 is 5.32 Å². The summed E-state index contributed by atoms with van der Waals surface area (Å²) in [4.78, 5) is 21.2. The summed E-state index contributed by atoms with van der Waals surface area (Å²) in [5.41, 5.74) is 3.27. The number of hydrogen-bond donors (Lipinski definition) is 1. The first-order valence-corrected chi connectivity index (χ1v) is 7.42. The van der Waals surface area contributed by atoms with Crippen molar-refractivity contribution in [1.82, 2.24) is 15.3 Å². The fourth-order valence-corrected chi connectivity index (χ4v) is 2.52. The molecule has 1 aliphatic carbocycles. The van der Waals surface area contributed by atoms with Gasteiger partial charge in [-0.3, -0.25) is 9.78 Å².